The van der Waals surface area contributed by atoms with E-state index < -0.39 is 20.9 Å². The summed E-state index contributed by atoms with van der Waals surface area (Å²) >= 11 is 3.10. The van der Waals surface area contributed by atoms with E-state index in [1.54, 1.807) is 6.92 Å². The Balaban J connectivity index is 3.40. The van der Waals surface area contributed by atoms with Crippen LogP contribution >= 0.6 is 15.9 Å². The molecule has 0 aliphatic carbocycles. The van der Waals surface area contributed by atoms with Crippen LogP contribution in [0, 0.1) is 10.1 Å². The van der Waals surface area contributed by atoms with Gasteiger partial charge in [0.2, 0.25) is 0 Å². The molecule has 0 heterocycles. The number of benzene rings is 1. The number of carbonyl (C=O) groups is 1. The van der Waals surface area contributed by atoms with Crippen LogP contribution in [0.3, 0.4) is 0 Å². The standard InChI is InChI=1S/C13H15BrN2O6S/c1-4-15(12(9(2)14)13(17)22-3)23(20,21)11-7-5-10(6-8-11)16(18)19/h5-8H,4H2,1-3H3/b12-9-. The molecule has 0 fully saturated rings. The molecule has 0 bridgehead atoms. The smallest absolute Gasteiger partial charge is 0.356 e. The van der Waals surface area contributed by atoms with Crippen LogP contribution in [0.1, 0.15) is 13.8 Å². The minimum Gasteiger partial charge on any atom is -0.464 e. The molecule has 8 nitrogen and oxygen atoms in total. The lowest BCUT2D eigenvalue weighted by Gasteiger charge is -2.24. The highest BCUT2D eigenvalue weighted by Crippen LogP contribution is 2.26. The zero-order chi connectivity index (χ0) is 17.8. The van der Waals surface area contributed by atoms with E-state index in [4.69, 9.17) is 0 Å². The number of halogens is 1. The largest absolute Gasteiger partial charge is 0.464 e. The molecule has 0 N–H and O–H groups in total. The molecule has 0 aliphatic heterocycles. The quantitative estimate of drug-likeness (QED) is 0.310. The summed E-state index contributed by atoms with van der Waals surface area (Å²) in [5, 5.41) is 10.6. The van der Waals surface area contributed by atoms with Crippen molar-refractivity contribution in [2.75, 3.05) is 13.7 Å². The molecule has 1 aromatic carbocycles. The second-order valence-corrected chi connectivity index (χ2v) is 7.35. The SMILES string of the molecule is CCN(/C(C(=O)OC)=C(/C)Br)S(=O)(=O)c1ccc([N+](=O)[O-])cc1. The first-order chi connectivity index (χ1) is 10.7. The monoisotopic (exact) mass is 406 g/mol. The van der Waals surface area contributed by atoms with Crippen LogP contribution in [0.4, 0.5) is 5.69 Å². The Morgan fingerprint density at radius 2 is 1.87 bits per heavy atom. The summed E-state index contributed by atoms with van der Waals surface area (Å²) in [4.78, 5) is 21.7. The maximum atomic E-state index is 12.7. The van der Waals surface area contributed by atoms with E-state index in [2.05, 4.69) is 20.7 Å². The predicted octanol–water partition coefficient (Wildman–Crippen LogP) is 2.40. The van der Waals surface area contributed by atoms with Gasteiger partial charge in [-0.1, -0.05) is 15.9 Å². The average Bonchev–Trinajstić information content (AvgIpc) is 2.51. The van der Waals surface area contributed by atoms with E-state index >= 15 is 0 Å². The fourth-order valence-corrected chi connectivity index (χ4v) is 3.85. The predicted molar refractivity (Wildman–Crippen MR) is 86.3 cm³/mol. The van der Waals surface area contributed by atoms with Gasteiger partial charge in [0.1, 0.15) is 5.70 Å². The number of carbonyl (C=O) groups excluding carboxylic acids is 1. The normalized spacial score (nSPS) is 12.3. The van der Waals surface area contributed by atoms with Crippen LogP contribution in [0.5, 0.6) is 0 Å². The van der Waals surface area contributed by atoms with Gasteiger partial charge in [0.15, 0.2) is 0 Å². The highest BCUT2D eigenvalue weighted by molar-refractivity contribution is 9.11. The molecule has 0 unspecified atom stereocenters. The van der Waals surface area contributed by atoms with E-state index in [0.29, 0.717) is 0 Å². The third kappa shape index (κ3) is 4.08. The number of nitrogens with zero attached hydrogens (tertiary/aromatic N) is 2. The maximum absolute atomic E-state index is 12.7. The molecule has 0 aliphatic rings. The third-order valence-electron chi connectivity index (χ3n) is 2.88. The van der Waals surface area contributed by atoms with Crippen LogP contribution in [0.25, 0.3) is 0 Å². The van der Waals surface area contributed by atoms with Gasteiger partial charge in [0.25, 0.3) is 15.7 Å². The lowest BCUT2D eigenvalue weighted by atomic mass is 10.3. The molecule has 0 atom stereocenters. The van der Waals surface area contributed by atoms with Crippen LogP contribution in [-0.4, -0.2) is 37.3 Å². The summed E-state index contributed by atoms with van der Waals surface area (Å²) in [6, 6.07) is 4.41. The van der Waals surface area contributed by atoms with E-state index in [9.17, 15) is 23.3 Å². The molecule has 1 aromatic rings. The molecular formula is C13H15BrN2O6S. The van der Waals surface area contributed by atoms with Crippen LogP contribution in [-0.2, 0) is 19.6 Å². The van der Waals surface area contributed by atoms with Crippen molar-refractivity contribution in [1.29, 1.82) is 0 Å². The molecule has 0 saturated heterocycles. The Morgan fingerprint density at radius 3 is 2.22 bits per heavy atom. The number of ether oxygens (including phenoxy) is 1. The van der Waals surface area contributed by atoms with Gasteiger partial charge in [-0.3, -0.25) is 14.4 Å². The lowest BCUT2D eigenvalue weighted by Crippen LogP contribution is -2.34. The van der Waals surface area contributed by atoms with Gasteiger partial charge in [-0.05, 0) is 26.0 Å². The van der Waals surface area contributed by atoms with Gasteiger partial charge in [-0.2, -0.15) is 0 Å². The first kappa shape index (κ1) is 19.1. The number of esters is 1. The molecule has 0 amide bonds. The number of rotatable bonds is 6. The molecule has 0 aromatic heterocycles. The Morgan fingerprint density at radius 1 is 1.35 bits per heavy atom. The van der Waals surface area contributed by atoms with E-state index in [1.165, 1.54) is 6.92 Å². The molecule has 0 spiro atoms. The van der Waals surface area contributed by atoms with Gasteiger partial charge in [-0.25, -0.2) is 13.2 Å². The van der Waals surface area contributed by atoms with E-state index in [-0.39, 0.29) is 27.3 Å². The second-order valence-electron chi connectivity index (χ2n) is 4.29. The number of methoxy groups -OCH3 is 1. The first-order valence-corrected chi connectivity index (χ1v) is 8.62. The van der Waals surface area contributed by atoms with Crippen LogP contribution in [0.15, 0.2) is 39.3 Å². The van der Waals surface area contributed by atoms with Gasteiger partial charge >= 0.3 is 5.97 Å². The second kappa shape index (κ2) is 7.55. The molecule has 0 radical (unpaired) electrons. The third-order valence-corrected chi connectivity index (χ3v) is 5.14. The van der Waals surface area contributed by atoms with E-state index in [0.717, 1.165) is 35.7 Å². The Bertz CT molecular complexity index is 738. The summed E-state index contributed by atoms with van der Waals surface area (Å²) in [7, 11) is -2.93. The topological polar surface area (TPSA) is 107 Å². The van der Waals surface area contributed by atoms with Crippen molar-refractivity contribution in [3.05, 3.63) is 44.6 Å². The molecule has 0 saturated carbocycles. The summed E-state index contributed by atoms with van der Waals surface area (Å²) < 4.78 is 31.2. The zero-order valence-corrected chi connectivity index (χ0v) is 15.0. The fourth-order valence-electron chi connectivity index (χ4n) is 1.83. The fraction of sp³-hybridized carbons (Fsp3) is 0.308. The molecule has 1 rings (SSSR count). The molecule has 126 valence electrons. The highest BCUT2D eigenvalue weighted by Gasteiger charge is 2.31. The van der Waals surface area contributed by atoms with Crippen LogP contribution in [0.2, 0.25) is 0 Å². The van der Waals surface area contributed by atoms with Crippen molar-refractivity contribution in [2.45, 2.75) is 18.7 Å². The summed E-state index contributed by atoms with van der Waals surface area (Å²) in [6.07, 6.45) is 0. The van der Waals surface area contributed by atoms with Crippen molar-refractivity contribution in [2.24, 2.45) is 0 Å². The maximum Gasteiger partial charge on any atom is 0.356 e. The molecular weight excluding hydrogens is 392 g/mol. The number of allylic oxidation sites excluding steroid dienone is 1. The van der Waals surface area contributed by atoms with Gasteiger partial charge < -0.3 is 4.74 Å². The Hall–Kier alpha value is -1.94. The van der Waals surface area contributed by atoms with Gasteiger partial charge in [-0.15, -0.1) is 0 Å². The first-order valence-electron chi connectivity index (χ1n) is 6.38. The summed E-state index contributed by atoms with van der Waals surface area (Å²) in [5.41, 5.74) is -0.388. The van der Waals surface area contributed by atoms with Crippen LogP contribution < -0.4 is 0 Å². The number of hydrogen-bond donors (Lipinski definition) is 0. The Labute approximate surface area is 142 Å². The number of nitro benzene ring substituents is 1. The average molecular weight is 407 g/mol. The summed E-state index contributed by atoms with van der Waals surface area (Å²) in [5.74, 6) is -0.813. The number of non-ortho nitro benzene ring substituents is 1. The summed E-state index contributed by atoms with van der Waals surface area (Å²) in [6.45, 7) is 3.05. The lowest BCUT2D eigenvalue weighted by molar-refractivity contribution is -0.384. The van der Waals surface area contributed by atoms with E-state index in [1.807, 2.05) is 0 Å². The van der Waals surface area contributed by atoms with Crippen molar-refractivity contribution in [3.8, 4) is 0 Å². The Kier molecular flexibility index (Phi) is 6.28. The van der Waals surface area contributed by atoms with Crippen molar-refractivity contribution >= 4 is 37.6 Å². The van der Waals surface area contributed by atoms with Gasteiger partial charge in [0, 0.05) is 23.2 Å². The van der Waals surface area contributed by atoms with Crippen molar-refractivity contribution < 1.29 is 22.9 Å². The highest BCUT2D eigenvalue weighted by atomic mass is 79.9. The number of sulfonamides is 1. The zero-order valence-electron chi connectivity index (χ0n) is 12.6. The van der Waals surface area contributed by atoms with Gasteiger partial charge in [0.05, 0.1) is 16.9 Å². The minimum absolute atomic E-state index is 0.0211. The molecule has 23 heavy (non-hydrogen) atoms. The number of hydrogen-bond acceptors (Lipinski definition) is 6. The number of nitro groups is 1. The molecule has 10 heteroatoms. The van der Waals surface area contributed by atoms with Crippen molar-refractivity contribution in [1.82, 2.24) is 4.31 Å². The van der Waals surface area contributed by atoms with Crippen molar-refractivity contribution in [3.63, 3.8) is 0 Å². The minimum atomic E-state index is -4.07. The number of likely N-dealkylation sites (N-methyl/N-ethyl adjacent to an activating group) is 1.